The van der Waals surface area contributed by atoms with Crippen LogP contribution in [0.1, 0.15) is 24.5 Å². The van der Waals surface area contributed by atoms with Gasteiger partial charge in [0.15, 0.2) is 6.10 Å². The highest BCUT2D eigenvalue weighted by Crippen LogP contribution is 2.18. The lowest BCUT2D eigenvalue weighted by Gasteiger charge is -2.13. The molecule has 0 aliphatic rings. The molecule has 0 amide bonds. The van der Waals surface area contributed by atoms with E-state index < -0.39 is 12.1 Å². The summed E-state index contributed by atoms with van der Waals surface area (Å²) in [6, 6.07) is 17.5. The molecule has 0 bridgehead atoms. The molecule has 3 rings (SSSR count). The van der Waals surface area contributed by atoms with Gasteiger partial charge in [-0.1, -0.05) is 37.3 Å². The Morgan fingerprint density at radius 2 is 1.89 bits per heavy atom. The standard InChI is InChI=1S/C22H23NO4/c1-2-11-26-21(22(24)25)13-16-7-9-19(10-8-16)27-15-17-12-18-5-3-4-6-20(18)23-14-17/h3-10,12,14,21H,2,11,13,15H2,1H3,(H,24,25). The summed E-state index contributed by atoms with van der Waals surface area (Å²) in [4.78, 5) is 15.7. The maximum absolute atomic E-state index is 11.3. The Hall–Kier alpha value is -2.92. The number of aromatic nitrogens is 1. The Morgan fingerprint density at radius 1 is 1.11 bits per heavy atom. The Morgan fingerprint density at radius 3 is 2.63 bits per heavy atom. The van der Waals surface area contributed by atoms with Gasteiger partial charge in [0.05, 0.1) is 5.52 Å². The van der Waals surface area contributed by atoms with E-state index in [2.05, 4.69) is 11.1 Å². The Labute approximate surface area is 158 Å². The van der Waals surface area contributed by atoms with Crippen LogP contribution in [-0.4, -0.2) is 28.8 Å². The number of pyridine rings is 1. The third-order valence-electron chi connectivity index (χ3n) is 4.20. The van der Waals surface area contributed by atoms with Gasteiger partial charge in [-0.15, -0.1) is 0 Å². The third kappa shape index (κ3) is 5.28. The van der Waals surface area contributed by atoms with Crippen LogP contribution in [0, 0.1) is 0 Å². The van der Waals surface area contributed by atoms with Gasteiger partial charge in [0.2, 0.25) is 0 Å². The number of fused-ring (bicyclic) bond motifs is 1. The molecule has 0 saturated carbocycles. The summed E-state index contributed by atoms with van der Waals surface area (Å²) in [7, 11) is 0. The van der Waals surface area contributed by atoms with Crippen molar-refractivity contribution in [1.82, 2.24) is 4.98 Å². The van der Waals surface area contributed by atoms with Crippen LogP contribution < -0.4 is 4.74 Å². The van der Waals surface area contributed by atoms with Crippen LogP contribution >= 0.6 is 0 Å². The van der Waals surface area contributed by atoms with Gasteiger partial charge in [0.1, 0.15) is 12.4 Å². The molecule has 5 nitrogen and oxygen atoms in total. The summed E-state index contributed by atoms with van der Waals surface area (Å²) >= 11 is 0. The van der Waals surface area contributed by atoms with Crippen molar-refractivity contribution in [3.63, 3.8) is 0 Å². The monoisotopic (exact) mass is 365 g/mol. The maximum Gasteiger partial charge on any atom is 0.333 e. The van der Waals surface area contributed by atoms with E-state index in [0.717, 1.165) is 34.2 Å². The van der Waals surface area contributed by atoms with Crippen LogP contribution in [0.25, 0.3) is 10.9 Å². The summed E-state index contributed by atoms with van der Waals surface area (Å²) in [5.41, 5.74) is 2.86. The number of carboxylic acid groups (broad SMARTS) is 1. The van der Waals surface area contributed by atoms with Gasteiger partial charge in [0.25, 0.3) is 0 Å². The second-order valence-electron chi connectivity index (χ2n) is 6.37. The second-order valence-corrected chi connectivity index (χ2v) is 6.37. The van der Waals surface area contributed by atoms with E-state index in [1.807, 2.05) is 61.7 Å². The van der Waals surface area contributed by atoms with Crippen LogP contribution in [0.4, 0.5) is 0 Å². The molecule has 1 atom stereocenters. The number of hydrogen-bond donors (Lipinski definition) is 1. The van der Waals surface area contributed by atoms with Crippen LogP contribution in [0.3, 0.4) is 0 Å². The molecule has 1 N–H and O–H groups in total. The summed E-state index contributed by atoms with van der Waals surface area (Å²) in [5, 5.41) is 10.3. The molecule has 0 radical (unpaired) electrons. The van der Waals surface area contributed by atoms with Crippen molar-refractivity contribution < 1.29 is 19.4 Å². The quantitative estimate of drug-likeness (QED) is 0.614. The van der Waals surface area contributed by atoms with Crippen LogP contribution in [0.15, 0.2) is 60.8 Å². The lowest BCUT2D eigenvalue weighted by atomic mass is 10.1. The maximum atomic E-state index is 11.3. The van der Waals surface area contributed by atoms with Gasteiger partial charge >= 0.3 is 5.97 Å². The molecule has 1 unspecified atom stereocenters. The lowest BCUT2D eigenvalue weighted by Crippen LogP contribution is -2.26. The fourth-order valence-corrected chi connectivity index (χ4v) is 2.78. The Balaban J connectivity index is 1.58. The van der Waals surface area contributed by atoms with Crippen molar-refractivity contribution in [2.75, 3.05) is 6.61 Å². The molecule has 3 aromatic rings. The lowest BCUT2D eigenvalue weighted by molar-refractivity contribution is -0.150. The van der Waals surface area contributed by atoms with Crippen molar-refractivity contribution in [2.24, 2.45) is 0 Å². The Kier molecular flexibility index (Phi) is 6.39. The first kappa shape index (κ1) is 18.9. The molecule has 5 heteroatoms. The van der Waals surface area contributed by atoms with E-state index in [1.165, 1.54) is 0 Å². The zero-order chi connectivity index (χ0) is 19.1. The van der Waals surface area contributed by atoms with Gasteiger partial charge in [-0.05, 0) is 36.2 Å². The average Bonchev–Trinajstić information content (AvgIpc) is 2.70. The molecular formula is C22H23NO4. The number of aliphatic carboxylic acids is 1. The molecular weight excluding hydrogens is 342 g/mol. The number of ether oxygens (including phenoxy) is 2. The van der Waals surface area contributed by atoms with E-state index >= 15 is 0 Å². The van der Waals surface area contributed by atoms with Gasteiger partial charge in [-0.3, -0.25) is 4.98 Å². The molecule has 140 valence electrons. The molecule has 27 heavy (non-hydrogen) atoms. The minimum absolute atomic E-state index is 0.338. The SMILES string of the molecule is CCCOC(Cc1ccc(OCc2cnc3ccccc3c2)cc1)C(=O)O. The van der Waals surface area contributed by atoms with E-state index in [0.29, 0.717) is 19.6 Å². The highest BCUT2D eigenvalue weighted by atomic mass is 16.5. The van der Waals surface area contributed by atoms with Crippen molar-refractivity contribution in [1.29, 1.82) is 0 Å². The first-order valence-electron chi connectivity index (χ1n) is 9.05. The zero-order valence-electron chi connectivity index (χ0n) is 15.3. The van der Waals surface area contributed by atoms with Crippen LogP contribution in [0.5, 0.6) is 5.75 Å². The second kappa shape index (κ2) is 9.14. The number of hydrogen-bond acceptors (Lipinski definition) is 4. The highest BCUT2D eigenvalue weighted by Gasteiger charge is 2.18. The van der Waals surface area contributed by atoms with Gasteiger partial charge in [0, 0.05) is 30.2 Å². The molecule has 0 fully saturated rings. The number of para-hydroxylation sites is 1. The van der Waals surface area contributed by atoms with Crippen molar-refractivity contribution in [3.8, 4) is 5.75 Å². The Bertz CT molecular complexity index is 892. The smallest absolute Gasteiger partial charge is 0.333 e. The fraction of sp³-hybridized carbons (Fsp3) is 0.273. The number of benzene rings is 2. The van der Waals surface area contributed by atoms with E-state index in [4.69, 9.17) is 9.47 Å². The van der Waals surface area contributed by atoms with Crippen molar-refractivity contribution in [2.45, 2.75) is 32.5 Å². The summed E-state index contributed by atoms with van der Waals surface area (Å²) in [6.07, 6.45) is 2.13. The molecule has 2 aromatic carbocycles. The van der Waals surface area contributed by atoms with E-state index in [1.54, 1.807) is 0 Å². The van der Waals surface area contributed by atoms with Crippen molar-refractivity contribution in [3.05, 3.63) is 71.9 Å². The molecule has 0 aliphatic heterocycles. The summed E-state index contributed by atoms with van der Waals surface area (Å²) in [6.45, 7) is 2.82. The first-order chi connectivity index (χ1) is 13.2. The summed E-state index contributed by atoms with van der Waals surface area (Å²) < 4.78 is 11.2. The van der Waals surface area contributed by atoms with Crippen LogP contribution in [0.2, 0.25) is 0 Å². The van der Waals surface area contributed by atoms with E-state index in [-0.39, 0.29) is 0 Å². The largest absolute Gasteiger partial charge is 0.489 e. The zero-order valence-corrected chi connectivity index (χ0v) is 15.3. The normalized spacial score (nSPS) is 12.0. The van der Waals surface area contributed by atoms with E-state index in [9.17, 15) is 9.90 Å². The van der Waals surface area contributed by atoms with Gasteiger partial charge < -0.3 is 14.6 Å². The predicted octanol–water partition coefficient (Wildman–Crippen LogP) is 4.24. The molecule has 0 spiro atoms. The molecule has 1 heterocycles. The highest BCUT2D eigenvalue weighted by molar-refractivity contribution is 5.78. The number of carbonyl (C=O) groups is 1. The minimum atomic E-state index is -0.937. The third-order valence-corrected chi connectivity index (χ3v) is 4.20. The average molecular weight is 365 g/mol. The molecule has 1 aromatic heterocycles. The predicted molar refractivity (Wildman–Crippen MR) is 104 cm³/mol. The first-order valence-corrected chi connectivity index (χ1v) is 9.05. The molecule has 0 saturated heterocycles. The topological polar surface area (TPSA) is 68.7 Å². The van der Waals surface area contributed by atoms with Gasteiger partial charge in [-0.2, -0.15) is 0 Å². The molecule has 0 aliphatic carbocycles. The number of nitrogens with zero attached hydrogens (tertiary/aromatic N) is 1. The van der Waals surface area contributed by atoms with Gasteiger partial charge in [-0.25, -0.2) is 4.79 Å². The number of rotatable bonds is 9. The minimum Gasteiger partial charge on any atom is -0.489 e. The van der Waals surface area contributed by atoms with Crippen molar-refractivity contribution >= 4 is 16.9 Å². The van der Waals surface area contributed by atoms with Crippen LogP contribution in [-0.2, 0) is 22.6 Å². The summed E-state index contributed by atoms with van der Waals surface area (Å²) in [5.74, 6) is -0.208. The fourth-order valence-electron chi connectivity index (χ4n) is 2.78. The number of carboxylic acids is 1.